The van der Waals surface area contributed by atoms with E-state index < -0.39 is 35.5 Å². The quantitative estimate of drug-likeness (QED) is 0.417. The third kappa shape index (κ3) is 5.05. The molecule has 2 aromatic rings. The first-order valence-corrected chi connectivity index (χ1v) is 12.2. The fourth-order valence-electron chi connectivity index (χ4n) is 4.86. The van der Waals surface area contributed by atoms with Crippen LogP contribution >= 0.6 is 0 Å². The topological polar surface area (TPSA) is 154 Å². The summed E-state index contributed by atoms with van der Waals surface area (Å²) in [7, 11) is 0. The molecule has 0 aliphatic carbocycles. The average molecular weight is 498 g/mol. The van der Waals surface area contributed by atoms with Crippen molar-refractivity contribution in [1.29, 1.82) is 0 Å². The van der Waals surface area contributed by atoms with Crippen LogP contribution in [0.4, 0.5) is 5.69 Å². The second-order valence-corrected chi connectivity index (χ2v) is 9.41. The number of amides is 4. The molecule has 2 aliphatic rings. The van der Waals surface area contributed by atoms with Crippen LogP contribution < -0.4 is 26.4 Å². The van der Waals surface area contributed by atoms with Gasteiger partial charge in [-0.15, -0.1) is 0 Å². The number of carbonyl (C=O) groups is 4. The van der Waals surface area contributed by atoms with E-state index in [1.165, 1.54) is 17.9 Å². The number of benzene rings is 1. The van der Waals surface area contributed by atoms with E-state index in [0.29, 0.717) is 31.4 Å². The zero-order valence-electron chi connectivity index (χ0n) is 20.6. The molecule has 4 amide bonds. The molecule has 4 rings (SSSR count). The van der Waals surface area contributed by atoms with Crippen molar-refractivity contribution >= 4 is 29.3 Å². The Balaban J connectivity index is 1.56. The van der Waals surface area contributed by atoms with Gasteiger partial charge in [-0.25, -0.2) is 0 Å². The highest BCUT2D eigenvalue weighted by Crippen LogP contribution is 2.39. The molecule has 192 valence electrons. The molecule has 4 N–H and O–H groups in total. The minimum Gasteiger partial charge on any atom is -0.382 e. The molecule has 11 heteroatoms. The second-order valence-electron chi connectivity index (χ2n) is 9.41. The molecule has 4 atom stereocenters. The van der Waals surface area contributed by atoms with Crippen molar-refractivity contribution in [2.45, 2.75) is 71.1 Å². The van der Waals surface area contributed by atoms with E-state index >= 15 is 0 Å². The number of hydrogen-bond acceptors (Lipinski definition) is 6. The lowest BCUT2D eigenvalue weighted by Crippen LogP contribution is -2.58. The van der Waals surface area contributed by atoms with E-state index in [-0.39, 0.29) is 30.0 Å². The summed E-state index contributed by atoms with van der Waals surface area (Å²) in [4.78, 5) is 64.5. The van der Waals surface area contributed by atoms with Gasteiger partial charge in [0.05, 0.1) is 12.2 Å². The first-order valence-electron chi connectivity index (χ1n) is 12.2. The molecule has 36 heavy (non-hydrogen) atoms. The Labute approximate surface area is 207 Å². The lowest BCUT2D eigenvalue weighted by Gasteiger charge is -2.29. The predicted octanol–water partition coefficient (Wildman–Crippen LogP) is 0.524. The van der Waals surface area contributed by atoms with Crippen LogP contribution in [0.1, 0.15) is 50.5 Å². The van der Waals surface area contributed by atoms with Crippen molar-refractivity contribution in [1.82, 2.24) is 21.1 Å². The Morgan fingerprint density at radius 3 is 2.64 bits per heavy atom. The summed E-state index contributed by atoms with van der Waals surface area (Å²) in [5.41, 5.74) is 2.13. The number of nitrogens with one attached hydrogen (secondary N) is 4. The SMILES string of the molecule is CC[C@H](C)[C@H](NC(C)=O)C(=O)N[C@H]1CCc2cccc3c2N(C1=O)[C@H](C(=O)NCc1cc(=O)[nH]o1)C3. The van der Waals surface area contributed by atoms with Gasteiger partial charge >= 0.3 is 0 Å². The van der Waals surface area contributed by atoms with Crippen LogP contribution in [-0.4, -0.2) is 46.9 Å². The van der Waals surface area contributed by atoms with E-state index in [1.807, 2.05) is 32.0 Å². The van der Waals surface area contributed by atoms with E-state index in [0.717, 1.165) is 11.1 Å². The van der Waals surface area contributed by atoms with Crippen molar-refractivity contribution in [3.05, 3.63) is 51.5 Å². The van der Waals surface area contributed by atoms with Crippen LogP contribution in [0.2, 0.25) is 0 Å². The number of rotatable bonds is 8. The number of carbonyl (C=O) groups excluding carboxylic acids is 4. The molecule has 2 aliphatic heterocycles. The lowest BCUT2D eigenvalue weighted by molar-refractivity contribution is -0.132. The van der Waals surface area contributed by atoms with Crippen molar-refractivity contribution in [2.75, 3.05) is 4.90 Å². The van der Waals surface area contributed by atoms with Gasteiger partial charge in [-0.2, -0.15) is 5.16 Å². The lowest BCUT2D eigenvalue weighted by atomic mass is 9.97. The van der Waals surface area contributed by atoms with Gasteiger partial charge < -0.3 is 20.5 Å². The summed E-state index contributed by atoms with van der Waals surface area (Å²) >= 11 is 0. The molecule has 0 radical (unpaired) electrons. The molecular weight excluding hydrogens is 466 g/mol. The van der Waals surface area contributed by atoms with Crippen LogP contribution in [0, 0.1) is 5.92 Å². The average Bonchev–Trinajstić information content (AvgIpc) is 3.42. The first kappa shape index (κ1) is 25.2. The van der Waals surface area contributed by atoms with Gasteiger partial charge in [-0.05, 0) is 29.9 Å². The van der Waals surface area contributed by atoms with Gasteiger partial charge in [-0.1, -0.05) is 38.5 Å². The Kier molecular flexibility index (Phi) is 7.27. The monoisotopic (exact) mass is 497 g/mol. The molecule has 0 spiro atoms. The Morgan fingerprint density at radius 2 is 1.97 bits per heavy atom. The third-order valence-electron chi connectivity index (χ3n) is 6.89. The normalized spacial score (nSPS) is 20.2. The maximum atomic E-state index is 13.8. The molecule has 0 fully saturated rings. The minimum atomic E-state index is -0.853. The number of aromatic amines is 1. The van der Waals surface area contributed by atoms with Gasteiger partial charge in [0.1, 0.15) is 18.1 Å². The van der Waals surface area contributed by atoms with Crippen LogP contribution in [0.25, 0.3) is 0 Å². The highest BCUT2D eigenvalue weighted by atomic mass is 16.5. The predicted molar refractivity (Wildman–Crippen MR) is 130 cm³/mol. The fraction of sp³-hybridized carbons (Fsp3) is 0.480. The van der Waals surface area contributed by atoms with Gasteiger partial charge in [0.15, 0.2) is 5.76 Å². The molecule has 1 aromatic heterocycles. The van der Waals surface area contributed by atoms with Crippen LogP contribution in [0.15, 0.2) is 33.6 Å². The molecule has 0 bridgehead atoms. The zero-order valence-corrected chi connectivity index (χ0v) is 20.6. The van der Waals surface area contributed by atoms with E-state index in [9.17, 15) is 24.0 Å². The number of nitrogens with zero attached hydrogens (tertiary/aromatic N) is 1. The van der Waals surface area contributed by atoms with Crippen molar-refractivity contribution < 1.29 is 23.7 Å². The maximum absolute atomic E-state index is 13.8. The summed E-state index contributed by atoms with van der Waals surface area (Å²) in [6, 6.07) is 4.54. The maximum Gasteiger partial charge on any atom is 0.280 e. The molecule has 0 saturated heterocycles. The van der Waals surface area contributed by atoms with E-state index in [2.05, 4.69) is 21.1 Å². The fourth-order valence-corrected chi connectivity index (χ4v) is 4.86. The highest BCUT2D eigenvalue weighted by molar-refractivity contribution is 6.08. The van der Waals surface area contributed by atoms with Gasteiger partial charge in [0.25, 0.3) is 5.56 Å². The number of para-hydroxylation sites is 1. The molecule has 11 nitrogen and oxygen atoms in total. The van der Waals surface area contributed by atoms with E-state index in [4.69, 9.17) is 4.52 Å². The largest absolute Gasteiger partial charge is 0.382 e. The van der Waals surface area contributed by atoms with Gasteiger partial charge in [-0.3, -0.25) is 28.9 Å². The highest BCUT2D eigenvalue weighted by Gasteiger charge is 2.44. The minimum absolute atomic E-state index is 0.00717. The molecular formula is C25H31N5O6. The summed E-state index contributed by atoms with van der Waals surface area (Å²) in [6.45, 7) is 5.13. The van der Waals surface area contributed by atoms with Gasteiger partial charge in [0, 0.05) is 19.4 Å². The van der Waals surface area contributed by atoms with Crippen molar-refractivity contribution in [2.24, 2.45) is 5.92 Å². The van der Waals surface area contributed by atoms with Crippen LogP contribution in [0.5, 0.6) is 0 Å². The summed E-state index contributed by atoms with van der Waals surface area (Å²) in [6.07, 6.45) is 1.92. The zero-order chi connectivity index (χ0) is 26.0. The van der Waals surface area contributed by atoms with Crippen LogP contribution in [0.3, 0.4) is 0 Å². The van der Waals surface area contributed by atoms with Gasteiger partial charge in [0.2, 0.25) is 23.6 Å². The number of H-pyrrole nitrogens is 1. The van der Waals surface area contributed by atoms with Crippen molar-refractivity contribution in [3.63, 3.8) is 0 Å². The Bertz CT molecular complexity index is 1230. The summed E-state index contributed by atoms with van der Waals surface area (Å²) in [5, 5.41) is 10.4. The Morgan fingerprint density at radius 1 is 1.22 bits per heavy atom. The molecule has 0 saturated carbocycles. The third-order valence-corrected chi connectivity index (χ3v) is 6.89. The van der Waals surface area contributed by atoms with Crippen LogP contribution in [-0.2, 0) is 38.6 Å². The molecule has 0 unspecified atom stereocenters. The van der Waals surface area contributed by atoms with Crippen molar-refractivity contribution in [3.8, 4) is 0 Å². The number of aryl methyl sites for hydroxylation is 1. The first-order chi connectivity index (χ1) is 17.2. The number of aromatic nitrogens is 1. The molecule has 3 heterocycles. The smallest absolute Gasteiger partial charge is 0.280 e. The standard InChI is InChI=1S/C25H31N5O6/c1-4-13(2)21(27-14(3)31)24(34)28-18-9-8-15-6-5-7-16-10-19(30(22(15)16)25(18)35)23(33)26-12-17-11-20(32)29-36-17/h5-7,11,13,18-19,21H,4,8-10,12H2,1-3H3,(H,26,33)(H,27,31)(H,28,34)(H,29,32)/t13-,18-,19-,21-/m0/s1. The number of hydrogen-bond donors (Lipinski definition) is 4. The molecule has 1 aromatic carbocycles. The second kappa shape index (κ2) is 10.4. The Hall–Kier alpha value is -3.89. The summed E-state index contributed by atoms with van der Waals surface area (Å²) < 4.78 is 4.99. The van der Waals surface area contributed by atoms with E-state index in [1.54, 1.807) is 0 Å². The number of anilines is 1. The summed E-state index contributed by atoms with van der Waals surface area (Å²) in [5.74, 6) is -1.37.